The van der Waals surface area contributed by atoms with Gasteiger partial charge >= 0.3 is 0 Å². The van der Waals surface area contributed by atoms with Crippen LogP contribution in [0.15, 0.2) is 72.8 Å². The van der Waals surface area contributed by atoms with Gasteiger partial charge in [0.15, 0.2) is 6.61 Å². The molecule has 0 saturated heterocycles. The van der Waals surface area contributed by atoms with Crippen molar-refractivity contribution in [2.45, 2.75) is 46.7 Å². The molecule has 0 aliphatic heterocycles. The SMILES string of the molecule is Cc1ccc(OCC(=O)N(Cc2ccc(Cl)cc2)C(Cc2ccccc2)C(=O)NCC(C)C)c(C)c1. The first-order chi connectivity index (χ1) is 17.2. The van der Waals surface area contributed by atoms with Crippen molar-refractivity contribution in [3.8, 4) is 5.75 Å². The predicted octanol–water partition coefficient (Wildman–Crippen LogP) is 5.75. The van der Waals surface area contributed by atoms with E-state index in [9.17, 15) is 9.59 Å². The average Bonchev–Trinajstić information content (AvgIpc) is 2.85. The highest BCUT2D eigenvalue weighted by Gasteiger charge is 2.30. The van der Waals surface area contributed by atoms with Gasteiger partial charge in [-0.05, 0) is 54.7 Å². The van der Waals surface area contributed by atoms with Crippen molar-refractivity contribution in [2.75, 3.05) is 13.2 Å². The Morgan fingerprint density at radius 1 is 0.944 bits per heavy atom. The van der Waals surface area contributed by atoms with Crippen LogP contribution in [0, 0.1) is 19.8 Å². The minimum Gasteiger partial charge on any atom is -0.483 e. The lowest BCUT2D eigenvalue weighted by atomic mass is 10.0. The normalized spacial score (nSPS) is 11.7. The van der Waals surface area contributed by atoms with Crippen LogP contribution >= 0.6 is 11.6 Å². The van der Waals surface area contributed by atoms with E-state index in [2.05, 4.69) is 5.32 Å². The minimum absolute atomic E-state index is 0.166. The molecule has 0 heterocycles. The Hall–Kier alpha value is -3.31. The molecule has 0 saturated carbocycles. The van der Waals surface area contributed by atoms with E-state index < -0.39 is 6.04 Å². The third-order valence-corrected chi connectivity index (χ3v) is 6.16. The zero-order chi connectivity index (χ0) is 26.1. The number of aryl methyl sites for hydroxylation is 2. The molecule has 190 valence electrons. The summed E-state index contributed by atoms with van der Waals surface area (Å²) in [5.41, 5.74) is 3.95. The maximum absolute atomic E-state index is 13.6. The van der Waals surface area contributed by atoms with Crippen LogP contribution in [0.1, 0.15) is 36.1 Å². The zero-order valence-corrected chi connectivity index (χ0v) is 22.2. The first kappa shape index (κ1) is 27.3. The Labute approximate surface area is 219 Å². The van der Waals surface area contributed by atoms with E-state index in [-0.39, 0.29) is 25.0 Å². The molecule has 0 fully saturated rings. The fraction of sp³-hybridized carbons (Fsp3) is 0.333. The minimum atomic E-state index is -0.697. The smallest absolute Gasteiger partial charge is 0.261 e. The Balaban J connectivity index is 1.90. The standard InChI is InChI=1S/C30H35ClN2O3/c1-21(2)18-32-30(35)27(17-24-8-6-5-7-9-24)33(19-25-11-13-26(31)14-12-25)29(34)20-36-28-15-10-22(3)16-23(28)4/h5-16,21,27H,17-20H2,1-4H3,(H,32,35). The van der Waals surface area contributed by atoms with E-state index in [1.807, 2.05) is 88.4 Å². The first-order valence-corrected chi connectivity index (χ1v) is 12.7. The molecule has 1 unspecified atom stereocenters. The largest absolute Gasteiger partial charge is 0.483 e. The number of carbonyl (C=O) groups excluding carboxylic acids is 2. The van der Waals surface area contributed by atoms with Crippen LogP contribution in [0.4, 0.5) is 0 Å². The van der Waals surface area contributed by atoms with Gasteiger partial charge in [0.25, 0.3) is 5.91 Å². The van der Waals surface area contributed by atoms with Gasteiger partial charge in [0.05, 0.1) is 0 Å². The second-order valence-electron chi connectivity index (χ2n) is 9.55. The van der Waals surface area contributed by atoms with Crippen molar-refractivity contribution < 1.29 is 14.3 Å². The van der Waals surface area contributed by atoms with Gasteiger partial charge < -0.3 is 15.0 Å². The monoisotopic (exact) mass is 506 g/mol. The van der Waals surface area contributed by atoms with Crippen LogP contribution in [-0.4, -0.2) is 35.9 Å². The number of hydrogen-bond acceptors (Lipinski definition) is 3. The van der Waals surface area contributed by atoms with Gasteiger partial charge in [-0.15, -0.1) is 0 Å². The van der Waals surface area contributed by atoms with Gasteiger partial charge in [-0.25, -0.2) is 0 Å². The summed E-state index contributed by atoms with van der Waals surface area (Å²) in [6, 6.07) is 22.2. The van der Waals surface area contributed by atoms with Crippen LogP contribution < -0.4 is 10.1 Å². The van der Waals surface area contributed by atoms with E-state index in [0.717, 1.165) is 22.3 Å². The predicted molar refractivity (Wildman–Crippen MR) is 145 cm³/mol. The fourth-order valence-electron chi connectivity index (χ4n) is 3.95. The molecule has 0 aliphatic carbocycles. The Bertz CT molecular complexity index is 1150. The Morgan fingerprint density at radius 2 is 1.64 bits per heavy atom. The molecule has 0 spiro atoms. The van der Waals surface area contributed by atoms with Crippen molar-refractivity contribution in [1.29, 1.82) is 0 Å². The summed E-state index contributed by atoms with van der Waals surface area (Å²) in [5, 5.41) is 3.64. The second-order valence-corrected chi connectivity index (χ2v) is 9.99. The molecule has 0 aliphatic rings. The van der Waals surface area contributed by atoms with E-state index in [0.29, 0.717) is 29.7 Å². The van der Waals surface area contributed by atoms with Crippen LogP contribution in [0.3, 0.4) is 0 Å². The van der Waals surface area contributed by atoms with Gasteiger partial charge in [0.2, 0.25) is 5.91 Å². The lowest BCUT2D eigenvalue weighted by Gasteiger charge is -2.32. The molecular formula is C30H35ClN2O3. The average molecular weight is 507 g/mol. The summed E-state index contributed by atoms with van der Waals surface area (Å²) in [5.74, 6) is 0.510. The van der Waals surface area contributed by atoms with Crippen LogP contribution in [0.5, 0.6) is 5.75 Å². The molecule has 0 aromatic heterocycles. The third-order valence-electron chi connectivity index (χ3n) is 5.90. The molecule has 5 nitrogen and oxygen atoms in total. The van der Waals surface area contributed by atoms with E-state index in [4.69, 9.17) is 16.3 Å². The lowest BCUT2D eigenvalue weighted by molar-refractivity contribution is -0.142. The molecular weight excluding hydrogens is 472 g/mol. The fourth-order valence-corrected chi connectivity index (χ4v) is 4.07. The summed E-state index contributed by atoms with van der Waals surface area (Å²) in [4.78, 5) is 28.7. The topological polar surface area (TPSA) is 58.6 Å². The Kier molecular flexibility index (Phi) is 9.95. The Morgan fingerprint density at radius 3 is 2.28 bits per heavy atom. The lowest BCUT2D eigenvalue weighted by Crippen LogP contribution is -2.52. The van der Waals surface area contributed by atoms with Gasteiger partial charge in [-0.3, -0.25) is 9.59 Å². The number of amides is 2. The highest BCUT2D eigenvalue weighted by Crippen LogP contribution is 2.20. The molecule has 1 N–H and O–H groups in total. The molecule has 36 heavy (non-hydrogen) atoms. The summed E-state index contributed by atoms with van der Waals surface area (Å²) >= 11 is 6.08. The molecule has 3 rings (SSSR count). The maximum atomic E-state index is 13.6. The first-order valence-electron chi connectivity index (χ1n) is 12.3. The number of carbonyl (C=O) groups is 2. The summed E-state index contributed by atoms with van der Waals surface area (Å²) in [6.07, 6.45) is 0.396. The number of ether oxygens (including phenoxy) is 1. The van der Waals surface area contributed by atoms with E-state index in [1.165, 1.54) is 0 Å². The van der Waals surface area contributed by atoms with Crippen molar-refractivity contribution in [3.05, 3.63) is 100 Å². The summed E-state index contributed by atoms with van der Waals surface area (Å²) in [7, 11) is 0. The molecule has 3 aromatic carbocycles. The maximum Gasteiger partial charge on any atom is 0.261 e. The number of nitrogens with zero attached hydrogens (tertiary/aromatic N) is 1. The zero-order valence-electron chi connectivity index (χ0n) is 21.5. The second kappa shape index (κ2) is 13.1. The quantitative estimate of drug-likeness (QED) is 0.360. The number of nitrogens with one attached hydrogen (secondary N) is 1. The van der Waals surface area contributed by atoms with Crippen LogP contribution in [-0.2, 0) is 22.6 Å². The van der Waals surface area contributed by atoms with Crippen molar-refractivity contribution in [1.82, 2.24) is 10.2 Å². The van der Waals surface area contributed by atoms with Gasteiger partial charge in [-0.1, -0.05) is 85.6 Å². The number of benzene rings is 3. The molecule has 1 atom stereocenters. The molecule has 0 bridgehead atoms. The summed E-state index contributed by atoms with van der Waals surface area (Å²) in [6.45, 7) is 8.68. The van der Waals surface area contributed by atoms with Crippen molar-refractivity contribution in [3.63, 3.8) is 0 Å². The number of rotatable bonds is 11. The molecule has 0 radical (unpaired) electrons. The highest BCUT2D eigenvalue weighted by molar-refractivity contribution is 6.30. The molecule has 3 aromatic rings. The van der Waals surface area contributed by atoms with Gasteiger partial charge in [0.1, 0.15) is 11.8 Å². The van der Waals surface area contributed by atoms with Crippen LogP contribution in [0.25, 0.3) is 0 Å². The third kappa shape index (κ3) is 8.13. The van der Waals surface area contributed by atoms with Crippen LogP contribution in [0.2, 0.25) is 5.02 Å². The summed E-state index contributed by atoms with van der Waals surface area (Å²) < 4.78 is 5.93. The molecule has 6 heteroatoms. The van der Waals surface area contributed by atoms with Crippen molar-refractivity contribution >= 4 is 23.4 Å². The van der Waals surface area contributed by atoms with E-state index in [1.54, 1.807) is 17.0 Å². The number of hydrogen-bond donors (Lipinski definition) is 1. The molecule has 2 amide bonds. The highest BCUT2D eigenvalue weighted by atomic mass is 35.5. The van der Waals surface area contributed by atoms with Gasteiger partial charge in [0, 0.05) is 24.5 Å². The number of halogens is 1. The van der Waals surface area contributed by atoms with E-state index >= 15 is 0 Å². The van der Waals surface area contributed by atoms with Gasteiger partial charge in [-0.2, -0.15) is 0 Å². The van der Waals surface area contributed by atoms with Crippen molar-refractivity contribution in [2.24, 2.45) is 5.92 Å².